The molecular weight excluding hydrogens is 444 g/mol. The minimum atomic E-state index is -1.00. The number of aliphatic hydroxyl groups is 1. The number of halogens is 3. The minimum absolute atomic E-state index is 0.00840. The normalized spacial score (nSPS) is 10.0. The summed E-state index contributed by atoms with van der Waals surface area (Å²) in [5.74, 6) is -1.59. The van der Waals surface area contributed by atoms with Gasteiger partial charge < -0.3 is 15.0 Å². The molecule has 0 aliphatic carbocycles. The number of aliphatic hydroxyl groups excluding tert-OH is 1. The molecule has 0 radical (unpaired) electrons. The summed E-state index contributed by atoms with van der Waals surface area (Å²) in [5.41, 5.74) is 0.418. The molecule has 0 saturated carbocycles. The van der Waals surface area contributed by atoms with Gasteiger partial charge in [0.1, 0.15) is 0 Å². The maximum atomic E-state index is 13.4. The maximum Gasteiger partial charge on any atom is 0.255 e. The summed E-state index contributed by atoms with van der Waals surface area (Å²) >= 11 is 6.24. The number of hydrogen-bond donors (Lipinski definition) is 3. The molecule has 1 amide bonds. The van der Waals surface area contributed by atoms with Gasteiger partial charge in [-0.1, -0.05) is 51.6 Å². The van der Waals surface area contributed by atoms with Crippen LogP contribution in [0.25, 0.3) is 0 Å². The Bertz CT molecular complexity index is 820. The average Bonchev–Trinajstić information content (AvgIpc) is 2.74. The smallest absolute Gasteiger partial charge is 0.255 e. The van der Waals surface area contributed by atoms with E-state index in [2.05, 4.69) is 26.1 Å². The van der Waals surface area contributed by atoms with Crippen molar-refractivity contribution in [2.45, 2.75) is 58.8 Å². The molecule has 0 heterocycles. The van der Waals surface area contributed by atoms with Gasteiger partial charge in [0.25, 0.3) is 5.91 Å². The fourth-order valence-electron chi connectivity index (χ4n) is 2.31. The second kappa shape index (κ2) is 16.0. The highest BCUT2D eigenvalue weighted by molar-refractivity contribution is 7.93. The molecule has 2 aromatic rings. The average molecular weight is 476 g/mol. The molecule has 0 fully saturated rings. The molecular formula is C23H32ClF2NO3S. The Labute approximate surface area is 193 Å². The highest BCUT2D eigenvalue weighted by Crippen LogP contribution is 2.27. The molecule has 4 nitrogen and oxygen atoms in total. The number of nitrogens with one attached hydrogen (secondary N) is 1. The zero-order chi connectivity index (χ0) is 24.0. The molecule has 0 atom stereocenters. The Morgan fingerprint density at radius 3 is 2.29 bits per heavy atom. The zero-order valence-electron chi connectivity index (χ0n) is 18.6. The van der Waals surface area contributed by atoms with Crippen LogP contribution in [0.4, 0.5) is 14.5 Å². The van der Waals surface area contributed by atoms with Gasteiger partial charge in [0, 0.05) is 35.5 Å². The van der Waals surface area contributed by atoms with Crippen molar-refractivity contribution in [2.75, 3.05) is 11.9 Å². The van der Waals surface area contributed by atoms with Gasteiger partial charge in [-0.3, -0.25) is 4.79 Å². The standard InChI is InChI=1S/C14H10ClF2NO2S.C7H16.C2H6O/c1-7-11(5-4-10(16)13(7)17)18-14(19)8-2-3-9(15)12(6-8)21-20;1-4-5-6-7(2)3;1-2-3/h2-6,20H,1H3,(H,18,19);7H,4-6H2,1-3H3;3H,2H2,1H3. The third-order valence-corrected chi connectivity index (χ3v) is 4.99. The molecule has 3 N–H and O–H groups in total. The summed E-state index contributed by atoms with van der Waals surface area (Å²) in [6, 6.07) is 6.55. The van der Waals surface area contributed by atoms with Gasteiger partial charge >= 0.3 is 0 Å². The van der Waals surface area contributed by atoms with Gasteiger partial charge in [-0.05, 0) is 50.1 Å². The zero-order valence-corrected chi connectivity index (χ0v) is 20.2. The van der Waals surface area contributed by atoms with E-state index in [-0.39, 0.29) is 23.4 Å². The fourth-order valence-corrected chi connectivity index (χ4v) is 2.86. The lowest BCUT2D eigenvalue weighted by molar-refractivity contribution is 0.102. The van der Waals surface area contributed by atoms with E-state index in [9.17, 15) is 13.6 Å². The van der Waals surface area contributed by atoms with Crippen molar-refractivity contribution in [1.29, 1.82) is 0 Å². The van der Waals surface area contributed by atoms with Crippen molar-refractivity contribution in [3.05, 3.63) is 58.1 Å². The number of carbonyl (C=O) groups is 1. The molecule has 8 heteroatoms. The molecule has 0 aliphatic heterocycles. The first kappa shape index (κ1) is 29.3. The second-order valence-corrected chi connectivity index (χ2v) is 8.11. The second-order valence-electron chi connectivity index (χ2n) is 7.08. The van der Waals surface area contributed by atoms with Crippen LogP contribution in [-0.4, -0.2) is 22.2 Å². The summed E-state index contributed by atoms with van der Waals surface area (Å²) in [4.78, 5) is 12.4. The van der Waals surface area contributed by atoms with E-state index in [4.69, 9.17) is 21.3 Å². The molecule has 31 heavy (non-hydrogen) atoms. The minimum Gasteiger partial charge on any atom is -0.397 e. The molecule has 2 aromatic carbocycles. The highest BCUT2D eigenvalue weighted by atomic mass is 35.5. The van der Waals surface area contributed by atoms with Crippen molar-refractivity contribution >= 4 is 35.2 Å². The van der Waals surface area contributed by atoms with E-state index in [0.29, 0.717) is 22.0 Å². The van der Waals surface area contributed by atoms with Crippen LogP contribution in [0.1, 0.15) is 62.9 Å². The topological polar surface area (TPSA) is 69.6 Å². The summed E-state index contributed by atoms with van der Waals surface area (Å²) < 4.78 is 35.5. The monoisotopic (exact) mass is 475 g/mol. The van der Waals surface area contributed by atoms with Crippen LogP contribution >= 0.6 is 23.6 Å². The number of benzene rings is 2. The van der Waals surface area contributed by atoms with Gasteiger partial charge in [-0.2, -0.15) is 0 Å². The maximum absolute atomic E-state index is 13.4. The lowest BCUT2D eigenvalue weighted by Crippen LogP contribution is -2.13. The molecule has 0 saturated heterocycles. The van der Waals surface area contributed by atoms with Gasteiger partial charge in [0.2, 0.25) is 0 Å². The van der Waals surface area contributed by atoms with E-state index in [1.165, 1.54) is 50.5 Å². The highest BCUT2D eigenvalue weighted by Gasteiger charge is 2.14. The number of amides is 1. The van der Waals surface area contributed by atoms with Crippen LogP contribution in [0.3, 0.4) is 0 Å². The quantitative estimate of drug-likeness (QED) is 0.376. The van der Waals surface area contributed by atoms with E-state index < -0.39 is 17.5 Å². The molecule has 2 rings (SSSR count). The Kier molecular flexibility index (Phi) is 15.2. The van der Waals surface area contributed by atoms with Gasteiger partial charge in [-0.25, -0.2) is 8.78 Å². The van der Waals surface area contributed by atoms with Crippen molar-refractivity contribution < 1.29 is 23.2 Å². The van der Waals surface area contributed by atoms with Crippen LogP contribution in [0.5, 0.6) is 0 Å². The van der Waals surface area contributed by atoms with Crippen molar-refractivity contribution in [3.8, 4) is 0 Å². The van der Waals surface area contributed by atoms with E-state index >= 15 is 0 Å². The summed E-state index contributed by atoms with van der Waals surface area (Å²) in [5, 5.41) is 10.4. The molecule has 0 bridgehead atoms. The van der Waals surface area contributed by atoms with Gasteiger partial charge in [0.15, 0.2) is 11.6 Å². The van der Waals surface area contributed by atoms with Crippen LogP contribution < -0.4 is 5.32 Å². The lowest BCUT2D eigenvalue weighted by Gasteiger charge is -2.10. The first-order valence-electron chi connectivity index (χ1n) is 10.1. The van der Waals surface area contributed by atoms with E-state index in [1.807, 2.05) is 0 Å². The first-order chi connectivity index (χ1) is 14.6. The first-order valence-corrected chi connectivity index (χ1v) is 11.3. The summed E-state index contributed by atoms with van der Waals surface area (Å²) in [6.45, 7) is 10.1. The number of rotatable bonds is 6. The Hall–Kier alpha value is -1.67. The Balaban J connectivity index is 0.000000756. The Morgan fingerprint density at radius 2 is 1.81 bits per heavy atom. The summed E-state index contributed by atoms with van der Waals surface area (Å²) in [6.07, 6.45) is 4.15. The number of unbranched alkanes of at least 4 members (excludes halogenated alkanes) is 1. The molecule has 174 valence electrons. The van der Waals surface area contributed by atoms with E-state index in [0.717, 1.165) is 12.0 Å². The van der Waals surface area contributed by atoms with Crippen molar-refractivity contribution in [1.82, 2.24) is 0 Å². The van der Waals surface area contributed by atoms with Crippen LogP contribution in [0.15, 0.2) is 35.2 Å². The fraction of sp³-hybridized carbons (Fsp3) is 0.435. The summed E-state index contributed by atoms with van der Waals surface area (Å²) in [7, 11) is 0. The molecule has 0 unspecified atom stereocenters. The van der Waals surface area contributed by atoms with Crippen LogP contribution in [0.2, 0.25) is 5.02 Å². The van der Waals surface area contributed by atoms with Crippen molar-refractivity contribution in [3.63, 3.8) is 0 Å². The lowest BCUT2D eigenvalue weighted by atomic mass is 10.1. The van der Waals surface area contributed by atoms with Crippen LogP contribution in [0, 0.1) is 24.5 Å². The van der Waals surface area contributed by atoms with Crippen molar-refractivity contribution in [2.24, 2.45) is 5.92 Å². The number of anilines is 1. The molecule has 0 spiro atoms. The predicted molar refractivity (Wildman–Crippen MR) is 126 cm³/mol. The third kappa shape index (κ3) is 11.0. The molecule has 0 aromatic heterocycles. The van der Waals surface area contributed by atoms with Gasteiger partial charge in [0.05, 0.1) is 9.92 Å². The van der Waals surface area contributed by atoms with Crippen LogP contribution in [-0.2, 0) is 0 Å². The van der Waals surface area contributed by atoms with Gasteiger partial charge in [-0.15, -0.1) is 0 Å². The predicted octanol–water partition coefficient (Wildman–Crippen LogP) is 7.58. The molecule has 0 aliphatic rings. The Morgan fingerprint density at radius 1 is 1.19 bits per heavy atom. The number of carbonyl (C=O) groups excluding carboxylic acids is 1. The largest absolute Gasteiger partial charge is 0.397 e. The third-order valence-electron chi connectivity index (χ3n) is 4.01. The number of hydrogen-bond acceptors (Lipinski definition) is 4. The SMILES string of the molecule is CCCCC(C)C.CCO.Cc1c(NC(=O)c2ccc(Cl)c(SO)c2)ccc(F)c1F. The van der Waals surface area contributed by atoms with E-state index in [1.54, 1.807) is 6.92 Å².